The van der Waals surface area contributed by atoms with Gasteiger partial charge >= 0.3 is 5.92 Å². The van der Waals surface area contributed by atoms with Crippen molar-refractivity contribution in [3.05, 3.63) is 23.6 Å². The molecule has 1 rings (SSSR count). The molecule has 0 bridgehead atoms. The van der Waals surface area contributed by atoms with Crippen molar-refractivity contribution < 1.29 is 26.7 Å². The van der Waals surface area contributed by atoms with Crippen molar-refractivity contribution in [2.24, 2.45) is 0 Å². The number of carbonyl (C=O) groups excluding carboxylic acids is 1. The highest BCUT2D eigenvalue weighted by molar-refractivity contribution is 6.06. The van der Waals surface area contributed by atoms with E-state index in [1.807, 2.05) is 0 Å². The van der Waals surface area contributed by atoms with Crippen LogP contribution in [0.3, 0.4) is 0 Å². The van der Waals surface area contributed by atoms with Crippen LogP contribution in [-0.4, -0.2) is 11.7 Å². The number of carbonyl (C=O) groups is 1. The van der Waals surface area contributed by atoms with Crippen LogP contribution in [0.5, 0.6) is 0 Å². The zero-order chi connectivity index (χ0) is 9.52. The van der Waals surface area contributed by atoms with Crippen LogP contribution >= 0.6 is 0 Å². The third-order valence-electron chi connectivity index (χ3n) is 1.21. The molecule has 0 heterocycles. The summed E-state index contributed by atoms with van der Waals surface area (Å²) in [7, 11) is 0. The van der Waals surface area contributed by atoms with E-state index in [-0.39, 0.29) is 0 Å². The fourth-order valence-electron chi connectivity index (χ4n) is 0.639. The summed E-state index contributed by atoms with van der Waals surface area (Å²) < 4.78 is 60.6. The van der Waals surface area contributed by atoms with Gasteiger partial charge in [0.25, 0.3) is 5.78 Å². The summed E-state index contributed by atoms with van der Waals surface area (Å²) in [6.07, 6.45) is -0.562. The van der Waals surface area contributed by atoms with Gasteiger partial charge in [0.05, 0.1) is 0 Å². The van der Waals surface area contributed by atoms with Crippen LogP contribution in [0.1, 0.15) is 0 Å². The van der Waals surface area contributed by atoms with E-state index < -0.39 is 35.3 Å². The van der Waals surface area contributed by atoms with E-state index in [1.54, 1.807) is 0 Å². The minimum Gasteiger partial charge on any atom is -0.283 e. The van der Waals surface area contributed by atoms with Gasteiger partial charge < -0.3 is 0 Å². The molecule has 0 fully saturated rings. The van der Waals surface area contributed by atoms with Gasteiger partial charge in [-0.05, 0) is 0 Å². The molecule has 0 aliphatic heterocycles. The molecule has 0 amide bonds. The molecule has 1 aliphatic rings. The summed E-state index contributed by atoms with van der Waals surface area (Å²) in [6, 6.07) is 0. The number of alkyl halides is 2. The lowest BCUT2D eigenvalue weighted by atomic mass is 10.1. The maximum absolute atomic E-state index is 12.1. The van der Waals surface area contributed by atoms with Crippen molar-refractivity contribution in [3.63, 3.8) is 0 Å². The highest BCUT2D eigenvalue weighted by Crippen LogP contribution is 2.36. The maximum atomic E-state index is 12.1. The lowest BCUT2D eigenvalue weighted by Gasteiger charge is -2.13. The standard InChI is InChI=1S/C6HF5O/c7-2-1-6(10,11)5(9)3(8)4(2)12/h1H. The topological polar surface area (TPSA) is 17.1 Å². The number of rotatable bonds is 0. The molecule has 0 saturated carbocycles. The van der Waals surface area contributed by atoms with Crippen molar-refractivity contribution >= 4 is 5.78 Å². The Bertz CT molecular complexity index is 301. The highest BCUT2D eigenvalue weighted by atomic mass is 19.3. The minimum atomic E-state index is -4.36. The molecule has 1 aliphatic carbocycles. The van der Waals surface area contributed by atoms with Crippen molar-refractivity contribution in [2.45, 2.75) is 5.92 Å². The molecule has 6 heteroatoms. The van der Waals surface area contributed by atoms with Gasteiger partial charge in [0.15, 0.2) is 5.83 Å². The molecule has 0 aromatic carbocycles. The fourth-order valence-corrected chi connectivity index (χ4v) is 0.639. The monoisotopic (exact) mass is 184 g/mol. The van der Waals surface area contributed by atoms with Crippen molar-refractivity contribution in [1.29, 1.82) is 0 Å². The molecular formula is C6HF5O. The van der Waals surface area contributed by atoms with Crippen LogP contribution < -0.4 is 0 Å². The van der Waals surface area contributed by atoms with Crippen molar-refractivity contribution in [2.75, 3.05) is 0 Å². The molecule has 0 atom stereocenters. The average molecular weight is 184 g/mol. The lowest BCUT2D eigenvalue weighted by Crippen LogP contribution is -2.23. The van der Waals surface area contributed by atoms with E-state index in [4.69, 9.17) is 0 Å². The summed E-state index contributed by atoms with van der Waals surface area (Å²) in [4.78, 5) is 10.2. The van der Waals surface area contributed by atoms with Crippen LogP contribution in [0.2, 0.25) is 0 Å². The van der Waals surface area contributed by atoms with Gasteiger partial charge in [0, 0.05) is 6.08 Å². The van der Waals surface area contributed by atoms with Crippen LogP contribution in [-0.2, 0) is 4.79 Å². The smallest absolute Gasteiger partial charge is 0.283 e. The number of Topliss-reactive ketones (excluding diaryl/α,β-unsaturated/α-hetero) is 1. The Labute approximate surface area is 63.2 Å². The predicted molar refractivity (Wildman–Crippen MR) is 28.4 cm³/mol. The van der Waals surface area contributed by atoms with Gasteiger partial charge in [-0.3, -0.25) is 4.79 Å². The van der Waals surface area contributed by atoms with E-state index in [0.29, 0.717) is 0 Å². The summed E-state index contributed by atoms with van der Waals surface area (Å²) in [5.74, 6) is -13.3. The van der Waals surface area contributed by atoms with Crippen molar-refractivity contribution in [1.82, 2.24) is 0 Å². The van der Waals surface area contributed by atoms with Gasteiger partial charge in [-0.25, -0.2) is 8.78 Å². The zero-order valence-corrected chi connectivity index (χ0v) is 5.38. The second-order valence-corrected chi connectivity index (χ2v) is 2.07. The molecule has 0 aromatic heterocycles. The summed E-state index contributed by atoms with van der Waals surface area (Å²) in [6.45, 7) is 0. The van der Waals surface area contributed by atoms with Crippen LogP contribution in [0.25, 0.3) is 0 Å². The van der Waals surface area contributed by atoms with Gasteiger partial charge in [-0.2, -0.15) is 13.2 Å². The number of ketones is 1. The Morgan fingerprint density at radius 3 is 2.17 bits per heavy atom. The summed E-state index contributed by atoms with van der Waals surface area (Å²) in [5.41, 5.74) is 0. The molecule has 0 saturated heterocycles. The van der Waals surface area contributed by atoms with Crippen LogP contribution in [0.4, 0.5) is 22.0 Å². The molecule has 0 N–H and O–H groups in total. The SMILES string of the molecule is O=C1C(F)=CC(F)(F)C(F)=C1F. The largest absolute Gasteiger partial charge is 0.323 e. The van der Waals surface area contributed by atoms with E-state index in [9.17, 15) is 26.7 Å². The Hall–Kier alpha value is -1.20. The normalized spacial score (nSPS) is 22.8. The summed E-state index contributed by atoms with van der Waals surface area (Å²) >= 11 is 0. The molecule has 0 aromatic rings. The first kappa shape index (κ1) is 8.89. The van der Waals surface area contributed by atoms with Gasteiger partial charge in [0.1, 0.15) is 0 Å². The number of allylic oxidation sites excluding steroid dienone is 4. The first-order valence-electron chi connectivity index (χ1n) is 2.73. The Morgan fingerprint density at radius 2 is 1.67 bits per heavy atom. The molecule has 0 unspecified atom stereocenters. The van der Waals surface area contributed by atoms with Crippen LogP contribution in [0.15, 0.2) is 23.6 Å². The van der Waals surface area contributed by atoms with E-state index in [2.05, 4.69) is 0 Å². The number of hydrogen-bond donors (Lipinski definition) is 0. The first-order valence-corrected chi connectivity index (χ1v) is 2.73. The molecule has 66 valence electrons. The third kappa shape index (κ3) is 1.13. The van der Waals surface area contributed by atoms with Gasteiger partial charge in [0.2, 0.25) is 11.7 Å². The quantitative estimate of drug-likeness (QED) is 0.527. The molecule has 12 heavy (non-hydrogen) atoms. The molecule has 1 nitrogen and oxygen atoms in total. The summed E-state index contributed by atoms with van der Waals surface area (Å²) in [5, 5.41) is 0. The van der Waals surface area contributed by atoms with E-state index in [1.165, 1.54) is 0 Å². The maximum Gasteiger partial charge on any atom is 0.323 e. The Balaban J connectivity index is 3.24. The van der Waals surface area contributed by atoms with Crippen molar-refractivity contribution in [3.8, 4) is 0 Å². The first-order chi connectivity index (χ1) is 5.36. The van der Waals surface area contributed by atoms with E-state index >= 15 is 0 Å². The molecule has 0 radical (unpaired) electrons. The predicted octanol–water partition coefficient (Wildman–Crippen LogP) is 2.21. The third-order valence-corrected chi connectivity index (χ3v) is 1.21. The molecule has 0 spiro atoms. The number of halogens is 5. The highest BCUT2D eigenvalue weighted by Gasteiger charge is 2.44. The number of hydrogen-bond acceptors (Lipinski definition) is 1. The average Bonchev–Trinajstić information content (AvgIpc) is 1.97. The minimum absolute atomic E-state index is 0.562. The Morgan fingerprint density at radius 1 is 1.17 bits per heavy atom. The zero-order valence-electron chi connectivity index (χ0n) is 5.38. The molecular weight excluding hydrogens is 183 g/mol. The van der Waals surface area contributed by atoms with Gasteiger partial charge in [-0.15, -0.1) is 0 Å². The Kier molecular flexibility index (Phi) is 1.78. The van der Waals surface area contributed by atoms with Crippen LogP contribution in [0, 0.1) is 0 Å². The second kappa shape index (κ2) is 2.40. The lowest BCUT2D eigenvalue weighted by molar-refractivity contribution is -0.116. The van der Waals surface area contributed by atoms with E-state index in [0.717, 1.165) is 0 Å². The van der Waals surface area contributed by atoms with Gasteiger partial charge in [-0.1, -0.05) is 0 Å². The fraction of sp³-hybridized carbons (Fsp3) is 0.167. The second-order valence-electron chi connectivity index (χ2n) is 2.07.